The number of halogens is 2. The van der Waals surface area contributed by atoms with E-state index in [0.29, 0.717) is 6.54 Å². The van der Waals surface area contributed by atoms with Crippen molar-refractivity contribution in [1.29, 1.82) is 0 Å². The second-order valence-electron chi connectivity index (χ2n) is 4.71. The lowest BCUT2D eigenvalue weighted by molar-refractivity contribution is 0.163. The molecule has 0 heterocycles. The van der Waals surface area contributed by atoms with Gasteiger partial charge in [0, 0.05) is 12.1 Å². The molecule has 0 saturated heterocycles. The van der Waals surface area contributed by atoms with Crippen LogP contribution in [0, 0.1) is 5.82 Å². The Hall–Kier alpha value is -0.640. The molecule has 1 aromatic carbocycles. The van der Waals surface area contributed by atoms with E-state index in [1.165, 1.54) is 6.07 Å². The summed E-state index contributed by atoms with van der Waals surface area (Å²) in [7, 11) is 0. The summed E-state index contributed by atoms with van der Waals surface area (Å²) in [5.41, 5.74) is 0.543. The van der Waals surface area contributed by atoms with E-state index in [0.717, 1.165) is 31.2 Å². The summed E-state index contributed by atoms with van der Waals surface area (Å²) in [6.45, 7) is 0.622. The van der Waals surface area contributed by atoms with E-state index < -0.39 is 5.82 Å². The molecule has 94 valence electrons. The number of aliphatic hydroxyl groups excluding tert-OH is 1. The first kappa shape index (κ1) is 12.8. The van der Waals surface area contributed by atoms with Gasteiger partial charge in [-0.05, 0) is 24.5 Å². The second-order valence-corrected chi connectivity index (χ2v) is 5.09. The van der Waals surface area contributed by atoms with Gasteiger partial charge in [-0.3, -0.25) is 0 Å². The Morgan fingerprint density at radius 3 is 2.71 bits per heavy atom. The number of rotatable bonds is 4. The number of aliphatic hydroxyl groups is 1. The fraction of sp³-hybridized carbons (Fsp3) is 0.538. The van der Waals surface area contributed by atoms with Crippen LogP contribution in [0.1, 0.15) is 31.2 Å². The third-order valence-corrected chi connectivity index (χ3v) is 3.97. The van der Waals surface area contributed by atoms with Crippen molar-refractivity contribution >= 4 is 11.6 Å². The van der Waals surface area contributed by atoms with Gasteiger partial charge in [-0.1, -0.05) is 36.6 Å². The lowest BCUT2D eigenvalue weighted by atomic mass is 9.98. The fourth-order valence-electron chi connectivity index (χ4n) is 2.41. The third kappa shape index (κ3) is 2.79. The van der Waals surface area contributed by atoms with Crippen LogP contribution >= 0.6 is 11.6 Å². The van der Waals surface area contributed by atoms with Crippen LogP contribution in [0.5, 0.6) is 0 Å². The molecule has 0 bridgehead atoms. The molecule has 1 fully saturated rings. The Kier molecular flexibility index (Phi) is 4.02. The van der Waals surface area contributed by atoms with Crippen LogP contribution in [0.2, 0.25) is 5.02 Å². The molecule has 1 saturated carbocycles. The molecular weight excluding hydrogens is 241 g/mol. The van der Waals surface area contributed by atoms with Crippen molar-refractivity contribution in [2.45, 2.75) is 37.8 Å². The molecule has 1 aliphatic carbocycles. The van der Waals surface area contributed by atoms with Crippen molar-refractivity contribution in [1.82, 2.24) is 5.32 Å². The number of hydrogen-bond donors (Lipinski definition) is 2. The molecule has 4 heteroatoms. The van der Waals surface area contributed by atoms with Crippen molar-refractivity contribution in [3.63, 3.8) is 0 Å². The van der Waals surface area contributed by atoms with E-state index in [2.05, 4.69) is 5.32 Å². The highest BCUT2D eigenvalue weighted by molar-refractivity contribution is 6.31. The predicted molar refractivity (Wildman–Crippen MR) is 66.5 cm³/mol. The number of benzene rings is 1. The summed E-state index contributed by atoms with van der Waals surface area (Å²) in [6.07, 6.45) is 4.20. The zero-order chi connectivity index (χ0) is 12.3. The minimum absolute atomic E-state index is 0.125. The van der Waals surface area contributed by atoms with Gasteiger partial charge in [0.2, 0.25) is 0 Å². The Balaban J connectivity index is 2.04. The molecule has 0 atom stereocenters. The second kappa shape index (κ2) is 5.34. The summed E-state index contributed by atoms with van der Waals surface area (Å²) in [5, 5.41) is 12.9. The van der Waals surface area contributed by atoms with E-state index in [9.17, 15) is 9.50 Å². The molecular formula is C13H17ClFNO. The van der Waals surface area contributed by atoms with Crippen molar-refractivity contribution in [2.24, 2.45) is 0 Å². The summed E-state index contributed by atoms with van der Waals surface area (Å²) in [4.78, 5) is 0. The van der Waals surface area contributed by atoms with Gasteiger partial charge >= 0.3 is 0 Å². The van der Waals surface area contributed by atoms with Gasteiger partial charge in [0.05, 0.1) is 11.6 Å². The molecule has 2 rings (SSSR count). The molecule has 0 aromatic heterocycles. The summed E-state index contributed by atoms with van der Waals surface area (Å²) < 4.78 is 13.2. The molecule has 0 radical (unpaired) electrons. The first-order valence-electron chi connectivity index (χ1n) is 5.96. The average molecular weight is 258 g/mol. The van der Waals surface area contributed by atoms with Gasteiger partial charge in [0.25, 0.3) is 0 Å². The monoisotopic (exact) mass is 257 g/mol. The van der Waals surface area contributed by atoms with Gasteiger partial charge in [0.1, 0.15) is 5.82 Å². The van der Waals surface area contributed by atoms with E-state index in [4.69, 9.17) is 11.6 Å². The maximum atomic E-state index is 13.2. The largest absolute Gasteiger partial charge is 0.394 e. The number of hydrogen-bond acceptors (Lipinski definition) is 2. The zero-order valence-electron chi connectivity index (χ0n) is 9.68. The summed E-state index contributed by atoms with van der Waals surface area (Å²) in [6, 6.07) is 4.81. The van der Waals surface area contributed by atoms with Gasteiger partial charge in [-0.2, -0.15) is 0 Å². The van der Waals surface area contributed by atoms with Gasteiger partial charge in [-0.25, -0.2) is 4.39 Å². The summed E-state index contributed by atoms with van der Waals surface area (Å²) in [5.74, 6) is -0.393. The van der Waals surface area contributed by atoms with Crippen LogP contribution in [0.3, 0.4) is 0 Å². The van der Waals surface area contributed by atoms with Crippen LogP contribution in [-0.4, -0.2) is 17.3 Å². The van der Waals surface area contributed by atoms with Crippen LogP contribution in [-0.2, 0) is 6.54 Å². The highest BCUT2D eigenvalue weighted by Gasteiger charge is 2.32. The lowest BCUT2D eigenvalue weighted by Crippen LogP contribution is -2.45. The first-order chi connectivity index (χ1) is 8.17. The smallest absolute Gasteiger partial charge is 0.142 e. The highest BCUT2D eigenvalue weighted by Crippen LogP contribution is 2.30. The molecule has 1 aromatic rings. The minimum atomic E-state index is -0.393. The van der Waals surface area contributed by atoms with Crippen molar-refractivity contribution < 1.29 is 9.50 Å². The van der Waals surface area contributed by atoms with Crippen LogP contribution in [0.4, 0.5) is 4.39 Å². The molecule has 1 aliphatic rings. The molecule has 0 amide bonds. The van der Waals surface area contributed by atoms with E-state index in [1.54, 1.807) is 12.1 Å². The normalized spacial score (nSPS) is 18.5. The maximum absolute atomic E-state index is 13.2. The first-order valence-corrected chi connectivity index (χ1v) is 6.33. The van der Waals surface area contributed by atoms with E-state index in [1.807, 2.05) is 0 Å². The molecule has 0 spiro atoms. The predicted octanol–water partition coefficient (Wildman–Crippen LogP) is 2.87. The Labute approximate surface area is 106 Å². The molecule has 2 N–H and O–H groups in total. The van der Waals surface area contributed by atoms with E-state index >= 15 is 0 Å². The maximum Gasteiger partial charge on any atom is 0.142 e. The van der Waals surface area contributed by atoms with Gasteiger partial charge < -0.3 is 10.4 Å². The van der Waals surface area contributed by atoms with Crippen LogP contribution in [0.25, 0.3) is 0 Å². The topological polar surface area (TPSA) is 32.3 Å². The molecule has 2 nitrogen and oxygen atoms in total. The van der Waals surface area contributed by atoms with Crippen molar-refractivity contribution in [3.05, 3.63) is 34.6 Å². The third-order valence-electron chi connectivity index (χ3n) is 3.55. The Morgan fingerprint density at radius 1 is 1.35 bits per heavy atom. The molecule has 0 aliphatic heterocycles. The lowest BCUT2D eigenvalue weighted by Gasteiger charge is -2.28. The quantitative estimate of drug-likeness (QED) is 0.869. The van der Waals surface area contributed by atoms with E-state index in [-0.39, 0.29) is 17.2 Å². The van der Waals surface area contributed by atoms with Crippen LogP contribution < -0.4 is 5.32 Å². The van der Waals surface area contributed by atoms with Gasteiger partial charge in [-0.15, -0.1) is 0 Å². The molecule has 0 unspecified atom stereocenters. The highest BCUT2D eigenvalue weighted by atomic mass is 35.5. The van der Waals surface area contributed by atoms with Crippen LogP contribution in [0.15, 0.2) is 18.2 Å². The SMILES string of the molecule is OCC1(NCc2cccc(F)c2Cl)CCCC1. The average Bonchev–Trinajstić information content (AvgIpc) is 2.81. The zero-order valence-corrected chi connectivity index (χ0v) is 10.4. The summed E-state index contributed by atoms with van der Waals surface area (Å²) >= 11 is 5.89. The van der Waals surface area contributed by atoms with Gasteiger partial charge in [0.15, 0.2) is 0 Å². The van der Waals surface area contributed by atoms with Crippen molar-refractivity contribution in [3.8, 4) is 0 Å². The minimum Gasteiger partial charge on any atom is -0.394 e. The fourth-order valence-corrected chi connectivity index (χ4v) is 2.60. The standard InChI is InChI=1S/C13H17ClFNO/c14-12-10(4-3-5-11(12)15)8-16-13(9-17)6-1-2-7-13/h3-5,16-17H,1-2,6-9H2. The Bertz CT molecular complexity index is 391. The molecule has 17 heavy (non-hydrogen) atoms. The van der Waals surface area contributed by atoms with Crippen molar-refractivity contribution in [2.75, 3.05) is 6.61 Å². The number of nitrogens with one attached hydrogen (secondary N) is 1. The Morgan fingerprint density at radius 2 is 2.06 bits per heavy atom.